The third-order valence-corrected chi connectivity index (χ3v) is 6.46. The second-order valence-electron chi connectivity index (χ2n) is 7.56. The van der Waals surface area contributed by atoms with Crippen LogP contribution in [-0.4, -0.2) is 45.5 Å². The van der Waals surface area contributed by atoms with Gasteiger partial charge >= 0.3 is 6.03 Å². The number of halogens is 1. The number of imide groups is 1. The molecule has 0 spiro atoms. The minimum absolute atomic E-state index is 0.171. The molecule has 2 heterocycles. The Hall–Kier alpha value is -3.13. The minimum atomic E-state index is -0.591. The molecule has 0 radical (unpaired) electrons. The summed E-state index contributed by atoms with van der Waals surface area (Å²) in [4.78, 5) is 41.0. The number of hydrogen-bond donors (Lipinski definition) is 1. The molecule has 2 aromatic carbocycles. The average molecular weight is 440 g/mol. The third kappa shape index (κ3) is 4.49. The van der Waals surface area contributed by atoms with Gasteiger partial charge < -0.3 is 10.2 Å². The molecule has 0 bridgehead atoms. The number of benzene rings is 2. The van der Waals surface area contributed by atoms with Crippen molar-refractivity contribution in [1.29, 1.82) is 0 Å². The van der Waals surface area contributed by atoms with Crippen LogP contribution in [0.1, 0.15) is 16.7 Å². The largest absolute Gasteiger partial charge is 0.350 e. The number of hydrogen-bond acceptors (Lipinski definition) is 4. The zero-order valence-electron chi connectivity index (χ0n) is 17.0. The fraction of sp³-hybridized carbons (Fsp3) is 0.261. The van der Waals surface area contributed by atoms with E-state index in [1.165, 1.54) is 22.7 Å². The lowest BCUT2D eigenvalue weighted by molar-refractivity contribution is -0.133. The van der Waals surface area contributed by atoms with Gasteiger partial charge in [-0.15, -0.1) is 11.8 Å². The Balaban J connectivity index is 1.47. The van der Waals surface area contributed by atoms with E-state index >= 15 is 0 Å². The van der Waals surface area contributed by atoms with Crippen LogP contribution in [0.4, 0.5) is 9.18 Å². The van der Waals surface area contributed by atoms with E-state index in [2.05, 4.69) is 5.32 Å². The topological polar surface area (TPSA) is 69.7 Å². The molecule has 31 heavy (non-hydrogen) atoms. The summed E-state index contributed by atoms with van der Waals surface area (Å²) in [5.74, 6) is -1.17. The van der Waals surface area contributed by atoms with Gasteiger partial charge in [0.1, 0.15) is 17.6 Å². The lowest BCUT2D eigenvalue weighted by Gasteiger charge is -2.41. The molecule has 2 aliphatic rings. The number of nitrogens with one attached hydrogen (secondary N) is 1. The second-order valence-corrected chi connectivity index (χ2v) is 8.62. The summed E-state index contributed by atoms with van der Waals surface area (Å²) in [6.45, 7) is 1.98. The molecule has 2 unspecified atom stereocenters. The van der Waals surface area contributed by atoms with Gasteiger partial charge in [-0.25, -0.2) is 9.18 Å². The first-order valence-corrected chi connectivity index (χ1v) is 10.9. The number of amides is 4. The van der Waals surface area contributed by atoms with Crippen molar-refractivity contribution in [2.75, 3.05) is 6.54 Å². The van der Waals surface area contributed by atoms with Crippen molar-refractivity contribution in [2.45, 2.75) is 31.3 Å². The van der Waals surface area contributed by atoms with Crippen molar-refractivity contribution in [2.24, 2.45) is 0 Å². The molecule has 8 heteroatoms. The Morgan fingerprint density at radius 1 is 1.13 bits per heavy atom. The third-order valence-electron chi connectivity index (χ3n) is 5.37. The molecule has 0 aliphatic carbocycles. The molecule has 2 aromatic rings. The molecule has 0 aromatic heterocycles. The monoisotopic (exact) mass is 439 g/mol. The Kier molecular flexibility index (Phi) is 6.08. The highest BCUT2D eigenvalue weighted by Gasteiger charge is 2.47. The number of carbonyl (C=O) groups excluding carboxylic acids is 3. The van der Waals surface area contributed by atoms with Gasteiger partial charge in [-0.2, -0.15) is 0 Å². The van der Waals surface area contributed by atoms with Gasteiger partial charge in [0, 0.05) is 12.1 Å². The summed E-state index contributed by atoms with van der Waals surface area (Å²) in [5, 5.41) is 4.06. The Labute approximate surface area is 184 Å². The smallest absolute Gasteiger partial charge is 0.328 e. The highest BCUT2D eigenvalue weighted by atomic mass is 32.2. The van der Waals surface area contributed by atoms with Gasteiger partial charge in [-0.3, -0.25) is 14.5 Å². The zero-order chi connectivity index (χ0) is 22.0. The summed E-state index contributed by atoms with van der Waals surface area (Å²) in [6.07, 6.45) is 1.76. The molecule has 4 rings (SSSR count). The van der Waals surface area contributed by atoms with E-state index in [0.29, 0.717) is 6.54 Å². The number of carbonyl (C=O) groups is 3. The molecular weight excluding hydrogens is 417 g/mol. The van der Waals surface area contributed by atoms with Crippen molar-refractivity contribution < 1.29 is 18.8 Å². The van der Waals surface area contributed by atoms with Crippen LogP contribution in [0, 0.1) is 12.7 Å². The fourth-order valence-electron chi connectivity index (χ4n) is 3.63. The van der Waals surface area contributed by atoms with Crippen LogP contribution in [0.15, 0.2) is 60.0 Å². The SMILES string of the molecule is Cc1ccc(CNC(=O)CN2C(=O)N(Cc3ccccc3F)C(=O)C3SC=CC32)cc1. The average Bonchev–Trinajstić information content (AvgIpc) is 3.25. The van der Waals surface area contributed by atoms with E-state index in [4.69, 9.17) is 0 Å². The summed E-state index contributed by atoms with van der Waals surface area (Å²) in [6, 6.07) is 12.8. The van der Waals surface area contributed by atoms with E-state index < -0.39 is 23.1 Å². The molecule has 160 valence electrons. The summed E-state index contributed by atoms with van der Waals surface area (Å²) in [7, 11) is 0. The van der Waals surface area contributed by atoms with Crippen LogP contribution in [0.2, 0.25) is 0 Å². The van der Waals surface area contributed by atoms with Gasteiger partial charge in [0.15, 0.2) is 0 Å². The summed E-state index contributed by atoms with van der Waals surface area (Å²) in [5.41, 5.74) is 2.34. The molecule has 0 saturated carbocycles. The number of urea groups is 1. The quantitative estimate of drug-likeness (QED) is 0.751. The zero-order valence-corrected chi connectivity index (χ0v) is 17.8. The van der Waals surface area contributed by atoms with Crippen molar-refractivity contribution in [3.63, 3.8) is 0 Å². The van der Waals surface area contributed by atoms with Gasteiger partial charge in [0.25, 0.3) is 0 Å². The fourth-order valence-corrected chi connectivity index (χ4v) is 4.69. The predicted molar refractivity (Wildman–Crippen MR) is 116 cm³/mol. The van der Waals surface area contributed by atoms with E-state index in [1.807, 2.05) is 31.2 Å². The van der Waals surface area contributed by atoms with Gasteiger partial charge in [0.05, 0.1) is 12.6 Å². The first-order valence-electron chi connectivity index (χ1n) is 9.94. The van der Waals surface area contributed by atoms with E-state index in [-0.39, 0.29) is 30.5 Å². The first kappa shape index (κ1) is 21.1. The predicted octanol–water partition coefficient (Wildman–Crippen LogP) is 3.21. The van der Waals surface area contributed by atoms with E-state index in [0.717, 1.165) is 16.0 Å². The molecule has 2 aliphatic heterocycles. The number of nitrogens with zero attached hydrogens (tertiary/aromatic N) is 2. The lowest BCUT2D eigenvalue weighted by atomic mass is 10.1. The van der Waals surface area contributed by atoms with Gasteiger partial charge in [-0.1, -0.05) is 54.1 Å². The van der Waals surface area contributed by atoms with Gasteiger partial charge in [0.2, 0.25) is 11.8 Å². The highest BCUT2D eigenvalue weighted by Crippen LogP contribution is 2.35. The van der Waals surface area contributed by atoms with Crippen LogP contribution >= 0.6 is 11.8 Å². The molecule has 6 nitrogen and oxygen atoms in total. The number of thioether (sulfide) groups is 1. The van der Waals surface area contributed by atoms with Crippen LogP contribution in [-0.2, 0) is 22.7 Å². The number of rotatable bonds is 6. The molecule has 1 N–H and O–H groups in total. The normalized spacial score (nSPS) is 20.2. The van der Waals surface area contributed by atoms with Crippen LogP contribution in [0.5, 0.6) is 0 Å². The highest BCUT2D eigenvalue weighted by molar-refractivity contribution is 8.03. The van der Waals surface area contributed by atoms with Gasteiger partial charge in [-0.05, 0) is 24.0 Å². The lowest BCUT2D eigenvalue weighted by Crippen LogP contribution is -2.62. The Morgan fingerprint density at radius 3 is 2.61 bits per heavy atom. The van der Waals surface area contributed by atoms with Crippen LogP contribution < -0.4 is 5.32 Å². The minimum Gasteiger partial charge on any atom is -0.350 e. The first-order chi connectivity index (χ1) is 14.9. The van der Waals surface area contributed by atoms with Crippen molar-refractivity contribution in [1.82, 2.24) is 15.1 Å². The molecule has 1 fully saturated rings. The molecule has 2 atom stereocenters. The Bertz CT molecular complexity index is 1040. The number of fused-ring (bicyclic) bond motifs is 1. The van der Waals surface area contributed by atoms with Crippen LogP contribution in [0.3, 0.4) is 0 Å². The summed E-state index contributed by atoms with van der Waals surface area (Å²) >= 11 is 1.31. The molecule has 4 amide bonds. The van der Waals surface area contributed by atoms with Crippen molar-refractivity contribution in [3.05, 3.63) is 82.5 Å². The van der Waals surface area contributed by atoms with Crippen molar-refractivity contribution >= 4 is 29.6 Å². The number of aryl methyl sites for hydroxylation is 1. The van der Waals surface area contributed by atoms with E-state index in [9.17, 15) is 18.8 Å². The van der Waals surface area contributed by atoms with E-state index in [1.54, 1.807) is 29.7 Å². The second kappa shape index (κ2) is 8.93. The molecule has 1 saturated heterocycles. The standard InChI is InChI=1S/C23H22FN3O3S/c1-15-6-8-16(9-7-15)12-25-20(28)14-26-19-10-11-31-21(19)22(29)27(23(26)30)13-17-4-2-3-5-18(17)24/h2-11,19,21H,12-14H2,1H3,(H,25,28). The Morgan fingerprint density at radius 2 is 1.87 bits per heavy atom. The maximum absolute atomic E-state index is 14.1. The van der Waals surface area contributed by atoms with Crippen LogP contribution in [0.25, 0.3) is 0 Å². The summed E-state index contributed by atoms with van der Waals surface area (Å²) < 4.78 is 14.1. The van der Waals surface area contributed by atoms with Crippen molar-refractivity contribution in [3.8, 4) is 0 Å². The maximum Gasteiger partial charge on any atom is 0.328 e. The maximum atomic E-state index is 14.1. The molecular formula is C23H22FN3O3S.